The van der Waals surface area contributed by atoms with E-state index in [1.54, 1.807) is 13.3 Å². The summed E-state index contributed by atoms with van der Waals surface area (Å²) in [5, 5.41) is 6.70. The van der Waals surface area contributed by atoms with Gasteiger partial charge < -0.3 is 10.5 Å². The number of aromatic amines is 1. The number of H-pyrrole nitrogens is 1. The Morgan fingerprint density at radius 2 is 2.06 bits per heavy atom. The van der Waals surface area contributed by atoms with Crippen molar-refractivity contribution in [1.29, 1.82) is 0 Å². The van der Waals surface area contributed by atoms with E-state index in [-0.39, 0.29) is 0 Å². The average molecular weight is 310 g/mol. The van der Waals surface area contributed by atoms with Crippen LogP contribution in [0.2, 0.25) is 0 Å². The number of ether oxygens (including phenoxy) is 1. The molecule has 1 heterocycles. The molecule has 2 aromatic rings. The van der Waals surface area contributed by atoms with Crippen LogP contribution in [0.5, 0.6) is 5.75 Å². The second kappa shape index (κ2) is 5.02. The second-order valence-electron chi connectivity index (χ2n) is 4.44. The minimum Gasteiger partial charge on any atom is -0.496 e. The maximum absolute atomic E-state index is 5.88. The number of nitrogens with zero attached hydrogens (tertiary/aromatic N) is 1. The third kappa shape index (κ3) is 2.22. The van der Waals surface area contributed by atoms with Gasteiger partial charge in [0.1, 0.15) is 11.6 Å². The first-order valence-corrected chi connectivity index (χ1v) is 6.50. The smallest absolute Gasteiger partial charge is 0.133 e. The third-order valence-electron chi connectivity index (χ3n) is 2.91. The van der Waals surface area contributed by atoms with Gasteiger partial charge in [0.05, 0.1) is 17.8 Å². The summed E-state index contributed by atoms with van der Waals surface area (Å²) in [6.07, 6.45) is 1.72. The Labute approximate surface area is 115 Å². The van der Waals surface area contributed by atoms with Crippen LogP contribution in [0, 0.1) is 0 Å². The van der Waals surface area contributed by atoms with Crippen molar-refractivity contribution in [2.24, 2.45) is 0 Å². The first-order valence-electron chi connectivity index (χ1n) is 5.71. The number of aromatic nitrogens is 2. The van der Waals surface area contributed by atoms with Crippen LogP contribution < -0.4 is 10.5 Å². The van der Waals surface area contributed by atoms with Crippen LogP contribution in [0.15, 0.2) is 22.8 Å². The first kappa shape index (κ1) is 13.0. The van der Waals surface area contributed by atoms with Crippen molar-refractivity contribution in [3.8, 4) is 16.9 Å². The van der Waals surface area contributed by atoms with Gasteiger partial charge in [-0.1, -0.05) is 13.8 Å². The number of anilines is 1. The van der Waals surface area contributed by atoms with E-state index in [0.29, 0.717) is 11.7 Å². The van der Waals surface area contributed by atoms with Crippen LogP contribution in [-0.4, -0.2) is 17.3 Å². The van der Waals surface area contributed by atoms with Crippen LogP contribution in [0.3, 0.4) is 0 Å². The molecule has 5 heteroatoms. The molecular weight excluding hydrogens is 294 g/mol. The molecule has 0 amide bonds. The predicted octanol–water partition coefficient (Wildman–Crippen LogP) is 3.55. The normalized spacial score (nSPS) is 10.9. The Morgan fingerprint density at radius 1 is 1.33 bits per heavy atom. The summed E-state index contributed by atoms with van der Waals surface area (Å²) in [6.45, 7) is 4.29. The quantitative estimate of drug-likeness (QED) is 0.911. The largest absolute Gasteiger partial charge is 0.496 e. The zero-order valence-corrected chi connectivity index (χ0v) is 12.2. The van der Waals surface area contributed by atoms with Gasteiger partial charge >= 0.3 is 0 Å². The number of benzene rings is 1. The van der Waals surface area contributed by atoms with Crippen LogP contribution >= 0.6 is 15.9 Å². The molecule has 0 saturated heterocycles. The lowest BCUT2D eigenvalue weighted by molar-refractivity contribution is 0.411. The van der Waals surface area contributed by atoms with E-state index in [4.69, 9.17) is 10.5 Å². The summed E-state index contributed by atoms with van der Waals surface area (Å²) in [4.78, 5) is 0. The van der Waals surface area contributed by atoms with Crippen molar-refractivity contribution in [2.75, 3.05) is 12.8 Å². The summed E-state index contributed by atoms with van der Waals surface area (Å²) < 4.78 is 6.29. The molecule has 0 aliphatic rings. The highest BCUT2D eigenvalue weighted by Gasteiger charge is 2.15. The van der Waals surface area contributed by atoms with Crippen molar-refractivity contribution in [3.63, 3.8) is 0 Å². The SMILES string of the molecule is COc1cc(C(C)C)cc(-c2cn[nH]c2N)c1Br. The molecule has 3 N–H and O–H groups in total. The average Bonchev–Trinajstić information content (AvgIpc) is 2.75. The van der Waals surface area contributed by atoms with Gasteiger partial charge in [-0.3, -0.25) is 5.10 Å². The maximum atomic E-state index is 5.88. The van der Waals surface area contributed by atoms with Gasteiger partial charge in [-0.15, -0.1) is 0 Å². The van der Waals surface area contributed by atoms with Gasteiger partial charge in [-0.2, -0.15) is 5.10 Å². The van der Waals surface area contributed by atoms with Crippen LogP contribution in [0.1, 0.15) is 25.3 Å². The summed E-state index contributed by atoms with van der Waals surface area (Å²) in [7, 11) is 1.66. The molecule has 2 rings (SSSR count). The molecule has 0 fully saturated rings. The molecule has 1 aromatic carbocycles. The minimum atomic E-state index is 0.416. The summed E-state index contributed by atoms with van der Waals surface area (Å²) in [5.74, 6) is 1.77. The molecule has 96 valence electrons. The molecule has 1 aromatic heterocycles. The number of nitrogens with two attached hydrogens (primary N) is 1. The van der Waals surface area contributed by atoms with Crippen molar-refractivity contribution < 1.29 is 4.74 Å². The lowest BCUT2D eigenvalue weighted by Gasteiger charge is -2.14. The number of halogens is 1. The second-order valence-corrected chi connectivity index (χ2v) is 5.23. The Kier molecular flexibility index (Phi) is 3.61. The van der Waals surface area contributed by atoms with Crippen molar-refractivity contribution in [1.82, 2.24) is 10.2 Å². The van der Waals surface area contributed by atoms with Crippen molar-refractivity contribution in [2.45, 2.75) is 19.8 Å². The molecule has 4 nitrogen and oxygen atoms in total. The first-order chi connectivity index (χ1) is 8.54. The Morgan fingerprint density at radius 3 is 2.56 bits per heavy atom. The predicted molar refractivity (Wildman–Crippen MR) is 76.8 cm³/mol. The topological polar surface area (TPSA) is 63.9 Å². The lowest BCUT2D eigenvalue weighted by atomic mass is 9.98. The standard InChI is InChI=1S/C13H16BrN3O/c1-7(2)8-4-9(10-6-16-17-13(10)15)12(14)11(5-8)18-3/h4-7H,1-3H3,(H3,15,16,17). The van der Waals surface area contributed by atoms with E-state index >= 15 is 0 Å². The maximum Gasteiger partial charge on any atom is 0.133 e. The van der Waals surface area contributed by atoms with Gasteiger partial charge in [-0.05, 0) is 39.5 Å². The highest BCUT2D eigenvalue weighted by atomic mass is 79.9. The number of nitrogens with one attached hydrogen (secondary N) is 1. The number of rotatable bonds is 3. The summed E-state index contributed by atoms with van der Waals surface area (Å²) in [6, 6.07) is 4.15. The highest BCUT2D eigenvalue weighted by Crippen LogP contribution is 2.39. The van der Waals surface area contributed by atoms with E-state index in [1.807, 2.05) is 6.07 Å². The molecule has 0 unspecified atom stereocenters. The fourth-order valence-corrected chi connectivity index (χ4v) is 2.41. The van der Waals surface area contributed by atoms with E-state index in [9.17, 15) is 0 Å². The van der Waals surface area contributed by atoms with Crippen molar-refractivity contribution in [3.05, 3.63) is 28.4 Å². The fourth-order valence-electron chi connectivity index (χ4n) is 1.81. The number of methoxy groups -OCH3 is 1. The van der Waals surface area contributed by atoms with Gasteiger partial charge in [0.15, 0.2) is 0 Å². The fraction of sp³-hybridized carbons (Fsp3) is 0.308. The van der Waals surface area contributed by atoms with E-state index in [2.05, 4.69) is 46.0 Å². The van der Waals surface area contributed by atoms with E-state index in [1.165, 1.54) is 5.56 Å². The minimum absolute atomic E-state index is 0.416. The van der Waals surface area contributed by atoms with Crippen LogP contribution in [0.25, 0.3) is 11.1 Å². The summed E-state index contributed by atoms with van der Waals surface area (Å²) >= 11 is 3.56. The van der Waals surface area contributed by atoms with Crippen molar-refractivity contribution >= 4 is 21.7 Å². The van der Waals surface area contributed by atoms with E-state index < -0.39 is 0 Å². The lowest BCUT2D eigenvalue weighted by Crippen LogP contribution is -1.95. The zero-order valence-electron chi connectivity index (χ0n) is 10.6. The number of nitrogen functional groups attached to an aromatic ring is 1. The molecule has 0 bridgehead atoms. The van der Waals surface area contributed by atoms with Gasteiger partial charge in [0.2, 0.25) is 0 Å². The van der Waals surface area contributed by atoms with Crippen LogP contribution in [0.4, 0.5) is 5.82 Å². The molecule has 0 atom stereocenters. The highest BCUT2D eigenvalue weighted by molar-refractivity contribution is 9.10. The Bertz CT molecular complexity index is 563. The van der Waals surface area contributed by atoms with Crippen LogP contribution in [-0.2, 0) is 0 Å². The molecule has 0 radical (unpaired) electrons. The number of hydrogen-bond acceptors (Lipinski definition) is 3. The van der Waals surface area contributed by atoms with Gasteiger partial charge in [0, 0.05) is 11.1 Å². The Balaban J connectivity index is 2.66. The monoisotopic (exact) mass is 309 g/mol. The van der Waals surface area contributed by atoms with Gasteiger partial charge in [0.25, 0.3) is 0 Å². The number of hydrogen-bond donors (Lipinski definition) is 2. The van der Waals surface area contributed by atoms with E-state index in [0.717, 1.165) is 21.3 Å². The molecular formula is C13H16BrN3O. The third-order valence-corrected chi connectivity index (χ3v) is 3.73. The zero-order chi connectivity index (χ0) is 13.3. The Hall–Kier alpha value is -1.49. The molecule has 0 spiro atoms. The molecule has 0 aliphatic carbocycles. The van der Waals surface area contributed by atoms with Gasteiger partial charge in [-0.25, -0.2) is 0 Å². The molecule has 18 heavy (non-hydrogen) atoms. The summed E-state index contributed by atoms with van der Waals surface area (Å²) in [5.41, 5.74) is 8.95. The molecule has 0 aliphatic heterocycles. The molecule has 0 saturated carbocycles.